The Morgan fingerprint density at radius 1 is 1.18 bits per heavy atom. The molecule has 1 aliphatic carbocycles. The molecule has 0 spiro atoms. The molecule has 6 heteroatoms. The molecule has 0 bridgehead atoms. The van der Waals surface area contributed by atoms with E-state index >= 15 is 0 Å². The Morgan fingerprint density at radius 2 is 1.96 bits per heavy atom. The Kier molecular flexibility index (Phi) is 5.05. The summed E-state index contributed by atoms with van der Waals surface area (Å²) in [5.74, 6) is 0.694. The quantitative estimate of drug-likeness (QED) is 0.866. The summed E-state index contributed by atoms with van der Waals surface area (Å²) in [6.45, 7) is 1.47. The summed E-state index contributed by atoms with van der Waals surface area (Å²) >= 11 is 0. The second-order valence-corrected chi connectivity index (χ2v) is 7.33. The second kappa shape index (κ2) is 7.64. The van der Waals surface area contributed by atoms with E-state index in [4.69, 9.17) is 9.47 Å². The molecular weight excluding hydrogens is 356 g/mol. The average molecular weight is 380 g/mol. The first-order chi connectivity index (χ1) is 13.6. The van der Waals surface area contributed by atoms with Crippen LogP contribution >= 0.6 is 0 Å². The van der Waals surface area contributed by atoms with Crippen molar-refractivity contribution in [3.05, 3.63) is 59.7 Å². The number of hydrogen-bond donors (Lipinski definition) is 1. The number of nitrogens with zero attached hydrogens (tertiary/aromatic N) is 1. The molecule has 0 aromatic heterocycles. The minimum Gasteiger partial charge on any atom is -0.491 e. The molecule has 1 aliphatic heterocycles. The number of anilines is 1. The van der Waals surface area contributed by atoms with E-state index in [0.717, 1.165) is 29.7 Å². The van der Waals surface area contributed by atoms with E-state index in [2.05, 4.69) is 5.32 Å². The van der Waals surface area contributed by atoms with Gasteiger partial charge in [0.25, 0.3) is 0 Å². The van der Waals surface area contributed by atoms with Gasteiger partial charge in [0.2, 0.25) is 11.8 Å². The van der Waals surface area contributed by atoms with Crippen molar-refractivity contribution >= 4 is 17.5 Å². The SMILES string of the molecule is COCC(=O)Nc1ccc2c(c1)CN(C(=O)C1(c3ccccc3)CC1)CCO2. The Morgan fingerprint density at radius 3 is 2.68 bits per heavy atom. The zero-order valence-corrected chi connectivity index (χ0v) is 15.9. The smallest absolute Gasteiger partial charge is 0.250 e. The Labute approximate surface area is 164 Å². The molecule has 146 valence electrons. The summed E-state index contributed by atoms with van der Waals surface area (Å²) in [7, 11) is 1.48. The van der Waals surface area contributed by atoms with Gasteiger partial charge in [-0.05, 0) is 36.6 Å². The molecule has 0 unspecified atom stereocenters. The highest BCUT2D eigenvalue weighted by molar-refractivity contribution is 5.92. The summed E-state index contributed by atoms with van der Waals surface area (Å²) in [5.41, 5.74) is 2.26. The highest BCUT2D eigenvalue weighted by atomic mass is 16.5. The minimum absolute atomic E-state index is 0.00219. The largest absolute Gasteiger partial charge is 0.491 e. The van der Waals surface area contributed by atoms with Crippen LogP contribution in [0.4, 0.5) is 5.69 Å². The van der Waals surface area contributed by atoms with E-state index in [1.165, 1.54) is 7.11 Å². The van der Waals surface area contributed by atoms with Crippen molar-refractivity contribution in [2.45, 2.75) is 24.8 Å². The molecular formula is C22H24N2O4. The van der Waals surface area contributed by atoms with Gasteiger partial charge in [-0.15, -0.1) is 0 Å². The van der Waals surface area contributed by atoms with Crippen LogP contribution in [-0.4, -0.2) is 43.6 Å². The van der Waals surface area contributed by atoms with Gasteiger partial charge in [0.05, 0.1) is 12.0 Å². The number of methoxy groups -OCH3 is 1. The summed E-state index contributed by atoms with van der Waals surface area (Å²) in [4.78, 5) is 27.0. The number of rotatable bonds is 5. The van der Waals surface area contributed by atoms with Crippen molar-refractivity contribution in [1.82, 2.24) is 4.90 Å². The lowest BCUT2D eigenvalue weighted by atomic mass is 9.94. The lowest BCUT2D eigenvalue weighted by Crippen LogP contribution is -2.40. The first-order valence-corrected chi connectivity index (χ1v) is 9.52. The lowest BCUT2D eigenvalue weighted by molar-refractivity contribution is -0.134. The van der Waals surface area contributed by atoms with Gasteiger partial charge >= 0.3 is 0 Å². The third kappa shape index (κ3) is 3.60. The molecule has 2 aromatic carbocycles. The molecule has 1 heterocycles. The summed E-state index contributed by atoms with van der Waals surface area (Å²) < 4.78 is 10.7. The van der Waals surface area contributed by atoms with Crippen LogP contribution in [-0.2, 0) is 26.3 Å². The van der Waals surface area contributed by atoms with E-state index in [-0.39, 0.29) is 18.4 Å². The summed E-state index contributed by atoms with van der Waals surface area (Å²) in [5, 5.41) is 2.80. The monoisotopic (exact) mass is 380 g/mol. The maximum Gasteiger partial charge on any atom is 0.250 e. The van der Waals surface area contributed by atoms with Crippen molar-refractivity contribution in [2.75, 3.05) is 32.2 Å². The number of hydrogen-bond acceptors (Lipinski definition) is 4. The molecule has 6 nitrogen and oxygen atoms in total. The third-order valence-electron chi connectivity index (χ3n) is 5.37. The molecule has 1 N–H and O–H groups in total. The van der Waals surface area contributed by atoms with Crippen LogP contribution in [0.3, 0.4) is 0 Å². The number of nitrogens with one attached hydrogen (secondary N) is 1. The van der Waals surface area contributed by atoms with Gasteiger partial charge in [0.1, 0.15) is 19.0 Å². The Balaban J connectivity index is 1.54. The number of carbonyl (C=O) groups excluding carboxylic acids is 2. The Bertz CT molecular complexity index is 877. The fourth-order valence-corrected chi connectivity index (χ4v) is 3.78. The lowest BCUT2D eigenvalue weighted by Gasteiger charge is -2.26. The van der Waals surface area contributed by atoms with Crippen LogP contribution in [0.15, 0.2) is 48.5 Å². The Hall–Kier alpha value is -2.86. The van der Waals surface area contributed by atoms with Gasteiger partial charge in [-0.2, -0.15) is 0 Å². The molecule has 0 atom stereocenters. The predicted octanol–water partition coefficient (Wildman–Crippen LogP) is 2.72. The average Bonchev–Trinajstić information content (AvgIpc) is 3.52. The first-order valence-electron chi connectivity index (χ1n) is 9.52. The van der Waals surface area contributed by atoms with Gasteiger partial charge in [-0.25, -0.2) is 0 Å². The fourth-order valence-electron chi connectivity index (χ4n) is 3.78. The van der Waals surface area contributed by atoms with Gasteiger partial charge in [0.15, 0.2) is 0 Å². The van der Waals surface area contributed by atoms with Crippen LogP contribution in [0.5, 0.6) is 5.75 Å². The second-order valence-electron chi connectivity index (χ2n) is 7.33. The number of benzene rings is 2. The number of amides is 2. The molecule has 2 amide bonds. The van der Waals surface area contributed by atoms with E-state index in [9.17, 15) is 9.59 Å². The molecule has 28 heavy (non-hydrogen) atoms. The van der Waals surface area contributed by atoms with Crippen LogP contribution in [0.1, 0.15) is 24.0 Å². The maximum atomic E-state index is 13.4. The van der Waals surface area contributed by atoms with Crippen molar-refractivity contribution in [1.29, 1.82) is 0 Å². The highest BCUT2D eigenvalue weighted by Gasteiger charge is 2.53. The van der Waals surface area contributed by atoms with Gasteiger partial charge in [0, 0.05) is 24.9 Å². The van der Waals surface area contributed by atoms with Gasteiger partial charge in [-0.3, -0.25) is 9.59 Å². The van der Waals surface area contributed by atoms with Crippen molar-refractivity contribution in [2.24, 2.45) is 0 Å². The summed E-state index contributed by atoms with van der Waals surface area (Å²) in [6, 6.07) is 15.5. The zero-order valence-electron chi connectivity index (χ0n) is 15.9. The highest BCUT2D eigenvalue weighted by Crippen LogP contribution is 2.50. The topological polar surface area (TPSA) is 67.9 Å². The number of fused-ring (bicyclic) bond motifs is 1. The molecule has 1 saturated carbocycles. The maximum absolute atomic E-state index is 13.4. The third-order valence-corrected chi connectivity index (χ3v) is 5.37. The minimum atomic E-state index is -0.393. The van der Waals surface area contributed by atoms with E-state index in [1.807, 2.05) is 47.4 Å². The normalized spacial score (nSPS) is 17.1. The first kappa shape index (κ1) is 18.5. The van der Waals surface area contributed by atoms with E-state index in [1.54, 1.807) is 6.07 Å². The summed E-state index contributed by atoms with van der Waals surface area (Å²) in [6.07, 6.45) is 1.76. The number of ether oxygens (including phenoxy) is 2. The fraction of sp³-hybridized carbons (Fsp3) is 0.364. The predicted molar refractivity (Wildman–Crippen MR) is 105 cm³/mol. The van der Waals surface area contributed by atoms with Crippen molar-refractivity contribution in [3.63, 3.8) is 0 Å². The van der Waals surface area contributed by atoms with E-state index < -0.39 is 5.41 Å². The van der Waals surface area contributed by atoms with Gasteiger partial charge in [-0.1, -0.05) is 30.3 Å². The van der Waals surface area contributed by atoms with Crippen molar-refractivity contribution < 1.29 is 19.1 Å². The molecule has 2 aliphatic rings. The van der Waals surface area contributed by atoms with E-state index in [0.29, 0.717) is 25.4 Å². The molecule has 0 saturated heterocycles. The molecule has 2 aromatic rings. The van der Waals surface area contributed by atoms with Crippen LogP contribution in [0, 0.1) is 0 Å². The van der Waals surface area contributed by atoms with Gasteiger partial charge < -0.3 is 19.7 Å². The van der Waals surface area contributed by atoms with Crippen LogP contribution in [0.25, 0.3) is 0 Å². The zero-order chi connectivity index (χ0) is 19.6. The number of carbonyl (C=O) groups is 2. The standard InChI is InChI=1S/C22H24N2O4/c1-27-15-20(25)23-18-7-8-19-16(13-18)14-24(11-12-28-19)21(26)22(9-10-22)17-5-3-2-4-6-17/h2-8,13H,9-12,14-15H2,1H3,(H,23,25). The molecule has 1 fully saturated rings. The van der Waals surface area contributed by atoms with Crippen molar-refractivity contribution in [3.8, 4) is 5.75 Å². The van der Waals surface area contributed by atoms with Crippen LogP contribution < -0.4 is 10.1 Å². The molecule has 0 radical (unpaired) electrons. The molecule has 4 rings (SSSR count). The van der Waals surface area contributed by atoms with Crippen LogP contribution in [0.2, 0.25) is 0 Å².